The van der Waals surface area contributed by atoms with E-state index in [1.54, 1.807) is 28.2 Å². The largest absolute Gasteiger partial charge is 4.00 e. The van der Waals surface area contributed by atoms with Gasteiger partial charge in [0.2, 0.25) is 0 Å². The summed E-state index contributed by atoms with van der Waals surface area (Å²) < 4.78 is 0. The monoisotopic (exact) mass is 411 g/mol. The predicted octanol–water partition coefficient (Wildman–Crippen LogP) is 2.16. The van der Waals surface area contributed by atoms with E-state index in [2.05, 4.69) is 33.2 Å². The Kier molecular flexibility index (Phi) is 46.5. The molecule has 0 saturated carbocycles. The van der Waals surface area contributed by atoms with Gasteiger partial charge in [-0.3, -0.25) is 0 Å². The van der Waals surface area contributed by atoms with Gasteiger partial charge in [0.25, 0.3) is 0 Å². The van der Waals surface area contributed by atoms with Crippen LogP contribution in [0.2, 0.25) is 0 Å². The molecular weight excluding hydrogens is 381 g/mol. The summed E-state index contributed by atoms with van der Waals surface area (Å²) in [6, 6.07) is 0. The minimum absolute atomic E-state index is 0. The van der Waals surface area contributed by atoms with Crippen molar-refractivity contribution in [1.82, 2.24) is 4.90 Å². The van der Waals surface area contributed by atoms with Crippen LogP contribution in [0.5, 0.6) is 0 Å². The van der Waals surface area contributed by atoms with E-state index in [9.17, 15) is 0 Å². The summed E-state index contributed by atoms with van der Waals surface area (Å²) in [6.45, 7) is 3.96. The van der Waals surface area contributed by atoms with E-state index < -0.39 is 0 Å². The molecule has 0 aliphatic rings. The Labute approximate surface area is 127 Å². The van der Waals surface area contributed by atoms with E-state index in [-0.39, 0.29) is 25.8 Å². The van der Waals surface area contributed by atoms with Crippen LogP contribution in [0.1, 0.15) is 0 Å². The summed E-state index contributed by atoms with van der Waals surface area (Å²) in [7, 11) is 12.8. The van der Waals surface area contributed by atoms with Crippen LogP contribution in [-0.2, 0) is 25.8 Å². The molecule has 0 saturated heterocycles. The fourth-order valence-electron chi connectivity index (χ4n) is 0.653. The van der Waals surface area contributed by atoms with Crippen molar-refractivity contribution in [1.29, 1.82) is 0 Å². The molecule has 0 amide bonds. The molecule has 0 aromatic rings. The number of likely N-dealkylation sites (N-methyl/N-ethyl adjacent to an activating group) is 3. The van der Waals surface area contributed by atoms with Gasteiger partial charge in [-0.2, -0.15) is 42.3 Å². The smallest absolute Gasteiger partial charge is 0.668 e. The average molecular weight is 410 g/mol. The van der Waals surface area contributed by atoms with E-state index in [0.29, 0.717) is 0 Å². The summed E-state index contributed by atoms with van der Waals surface area (Å²) in [5.41, 5.74) is 0. The number of nitrogens with zero attached hydrogens (tertiary/aromatic N) is 5. The van der Waals surface area contributed by atoms with E-state index in [1.165, 1.54) is 0 Å². The minimum Gasteiger partial charge on any atom is -0.668 e. The van der Waals surface area contributed by atoms with Crippen LogP contribution in [0.3, 0.4) is 0 Å². The summed E-state index contributed by atoms with van der Waals surface area (Å²) >= 11 is 0. The zero-order chi connectivity index (χ0) is 13.2. The van der Waals surface area contributed by atoms with Crippen molar-refractivity contribution in [3.05, 3.63) is 21.3 Å². The topological polar surface area (TPSA) is 59.6 Å². The molecule has 0 aromatic heterocycles. The van der Waals surface area contributed by atoms with Gasteiger partial charge in [0.1, 0.15) is 0 Å². The van der Waals surface area contributed by atoms with Crippen LogP contribution in [0, 0.1) is 0 Å². The predicted molar refractivity (Wildman–Crippen MR) is 76.2 cm³/mol. The van der Waals surface area contributed by atoms with Crippen LogP contribution in [-0.4, -0.2) is 80.4 Å². The SMILES string of the molecule is C[N-]C.C[N-]C.C[N-]CCN(C)CC[N-]C.[Hf+4]. The van der Waals surface area contributed by atoms with Gasteiger partial charge in [0.05, 0.1) is 0 Å². The molecule has 0 atom stereocenters. The van der Waals surface area contributed by atoms with Crippen molar-refractivity contribution in [3.63, 3.8) is 0 Å². The summed E-state index contributed by atoms with van der Waals surface area (Å²) in [6.07, 6.45) is 0. The van der Waals surface area contributed by atoms with Gasteiger partial charge in [-0.15, -0.1) is 13.1 Å². The van der Waals surface area contributed by atoms with Crippen LogP contribution in [0.25, 0.3) is 21.3 Å². The molecule has 6 heteroatoms. The molecule has 0 radical (unpaired) electrons. The van der Waals surface area contributed by atoms with Gasteiger partial charge in [0.15, 0.2) is 0 Å². The Morgan fingerprint density at radius 1 is 0.706 bits per heavy atom. The van der Waals surface area contributed by atoms with Crippen molar-refractivity contribution in [2.45, 2.75) is 0 Å². The molecule has 0 bridgehead atoms. The van der Waals surface area contributed by atoms with Gasteiger partial charge < -0.3 is 26.2 Å². The summed E-state index contributed by atoms with van der Waals surface area (Å²) in [5, 5.41) is 15.0. The van der Waals surface area contributed by atoms with E-state index in [4.69, 9.17) is 0 Å². The second-order valence-electron chi connectivity index (χ2n) is 3.28. The molecule has 0 spiro atoms. The molecule has 102 valence electrons. The fraction of sp³-hybridized carbons (Fsp3) is 1.00. The first-order chi connectivity index (χ1) is 7.64. The first kappa shape index (κ1) is 26.3. The second-order valence-corrected chi connectivity index (χ2v) is 3.28. The van der Waals surface area contributed by atoms with Gasteiger partial charge in [-0.25, -0.2) is 0 Å². The Morgan fingerprint density at radius 2 is 0.941 bits per heavy atom. The molecule has 0 fully saturated rings. The van der Waals surface area contributed by atoms with Crippen LogP contribution in [0.15, 0.2) is 0 Å². The Balaban J connectivity index is -0.000000102. The molecule has 5 nitrogen and oxygen atoms in total. The number of hydrogen-bond donors (Lipinski definition) is 0. The summed E-state index contributed by atoms with van der Waals surface area (Å²) in [5.74, 6) is 0. The third-order valence-corrected chi connectivity index (χ3v) is 1.41. The van der Waals surface area contributed by atoms with Crippen LogP contribution in [0.4, 0.5) is 0 Å². The van der Waals surface area contributed by atoms with E-state index >= 15 is 0 Å². The molecule has 17 heavy (non-hydrogen) atoms. The van der Waals surface area contributed by atoms with Crippen molar-refractivity contribution in [3.8, 4) is 0 Å². The van der Waals surface area contributed by atoms with Crippen LogP contribution < -0.4 is 0 Å². The normalized spacial score (nSPS) is 8.47. The maximum atomic E-state index is 4.01. The number of hydrogen-bond acceptors (Lipinski definition) is 1. The standard InChI is InChI=1S/C7H17N3.2C2H6N.Hf/c1-8-4-6-10(3)7-5-9-2;2*1-3-2;/h4-7H2,1-3H3;2*1-2H3;/q-2;2*-1;+4. The van der Waals surface area contributed by atoms with E-state index in [1.807, 2.05) is 14.1 Å². The minimum atomic E-state index is 0. The first-order valence-corrected chi connectivity index (χ1v) is 5.40. The quantitative estimate of drug-likeness (QED) is 0.620. The Hall–Kier alpha value is 0.670. The molecule has 0 heterocycles. The average Bonchev–Trinajstić information content (AvgIpc) is 2.25. The van der Waals surface area contributed by atoms with Crippen molar-refractivity contribution in [2.75, 3.05) is 75.5 Å². The fourth-order valence-corrected chi connectivity index (χ4v) is 0.653. The summed E-state index contributed by atoms with van der Waals surface area (Å²) in [4.78, 5) is 2.24. The zero-order valence-corrected chi connectivity index (χ0v) is 16.2. The molecule has 0 aromatic carbocycles. The molecule has 0 unspecified atom stereocenters. The molecular formula is C11H29HfN5. The Morgan fingerprint density at radius 3 is 1.12 bits per heavy atom. The maximum Gasteiger partial charge on any atom is 4.00 e. The van der Waals surface area contributed by atoms with Gasteiger partial charge in [-0.1, -0.05) is 0 Å². The third-order valence-electron chi connectivity index (χ3n) is 1.41. The third kappa shape index (κ3) is 47.7. The van der Waals surface area contributed by atoms with Crippen molar-refractivity contribution < 1.29 is 25.8 Å². The maximum absolute atomic E-state index is 4.01. The molecule has 0 N–H and O–H groups in total. The van der Waals surface area contributed by atoms with Gasteiger partial charge in [-0.05, 0) is 20.1 Å². The van der Waals surface area contributed by atoms with Crippen molar-refractivity contribution >= 4 is 0 Å². The molecule has 0 rings (SSSR count). The van der Waals surface area contributed by atoms with Gasteiger partial charge >= 0.3 is 25.8 Å². The van der Waals surface area contributed by atoms with Crippen molar-refractivity contribution in [2.24, 2.45) is 0 Å². The van der Waals surface area contributed by atoms with E-state index in [0.717, 1.165) is 26.2 Å². The first-order valence-electron chi connectivity index (χ1n) is 5.40. The zero-order valence-electron chi connectivity index (χ0n) is 12.6. The number of rotatable bonds is 6. The second kappa shape index (κ2) is 30.1. The molecule has 0 aliphatic carbocycles. The van der Waals surface area contributed by atoms with Crippen LogP contribution >= 0.6 is 0 Å². The van der Waals surface area contributed by atoms with Gasteiger partial charge in [0, 0.05) is 0 Å². The Bertz CT molecular complexity index is 85.9. The molecule has 0 aliphatic heterocycles.